The second-order valence-electron chi connectivity index (χ2n) is 15.6. The smallest absolute Gasteiger partial charge is 0.164 e. The van der Waals surface area contributed by atoms with E-state index in [0.29, 0.717) is 17.5 Å². The van der Waals surface area contributed by atoms with Crippen molar-refractivity contribution >= 4 is 76.3 Å². The van der Waals surface area contributed by atoms with E-state index in [1.807, 2.05) is 30.3 Å². The second kappa shape index (κ2) is 13.1. The van der Waals surface area contributed by atoms with Crippen LogP contribution in [0.15, 0.2) is 205 Å². The van der Waals surface area contributed by atoms with E-state index >= 15 is 0 Å². The second-order valence-corrected chi connectivity index (χ2v) is 15.6. The lowest BCUT2D eigenvalue weighted by Gasteiger charge is -2.13. The monoisotopic (exact) mass is 779 g/mol. The first-order chi connectivity index (χ1) is 30.2. The topological polar surface area (TPSA) is 61.7 Å². The van der Waals surface area contributed by atoms with Crippen LogP contribution >= 0.6 is 0 Å². The molecular weight excluding hydrogens is 747 g/mol. The molecule has 0 saturated heterocycles. The normalized spacial score (nSPS) is 11.9. The molecule has 4 heterocycles. The molecule has 6 heteroatoms. The van der Waals surface area contributed by atoms with Gasteiger partial charge < -0.3 is 13.6 Å². The summed E-state index contributed by atoms with van der Waals surface area (Å²) in [5, 5.41) is 8.98. The SMILES string of the molecule is c1ccc(-c2nc(-c3cc(-n4c5ccccc5c5cc6ccccc6cc54)c4oc5ccccc5c4c3)nc(-c3cccc4c3c3ccccc3n4-c3ccccc3)n2)cc1. The van der Waals surface area contributed by atoms with E-state index in [4.69, 9.17) is 19.4 Å². The van der Waals surface area contributed by atoms with Crippen LogP contribution in [0.4, 0.5) is 0 Å². The molecule has 0 saturated carbocycles. The maximum absolute atomic E-state index is 6.82. The molecule has 0 aliphatic rings. The number of para-hydroxylation sites is 4. The van der Waals surface area contributed by atoms with Crippen molar-refractivity contribution in [1.29, 1.82) is 0 Å². The lowest BCUT2D eigenvalue weighted by molar-refractivity contribution is 0.666. The number of rotatable bonds is 5. The third-order valence-corrected chi connectivity index (χ3v) is 12.1. The van der Waals surface area contributed by atoms with Crippen molar-refractivity contribution in [3.05, 3.63) is 200 Å². The minimum Gasteiger partial charge on any atom is -0.454 e. The Morgan fingerprint density at radius 2 is 0.967 bits per heavy atom. The molecule has 9 aromatic carbocycles. The number of benzene rings is 9. The van der Waals surface area contributed by atoms with Crippen molar-refractivity contribution in [2.75, 3.05) is 0 Å². The van der Waals surface area contributed by atoms with Gasteiger partial charge in [-0.2, -0.15) is 0 Å². The standard InChI is InChI=1S/C55H33N5O/c1-3-16-34(17-4-1)53-56-54(58-55(57-53)42-25-15-28-47-51(42)41-24-10-13-27-46(41)59(47)38-20-5-2-6-21-38)37-31-44-40-23-11-14-29-50(40)61-52(44)49(33-37)60-45-26-12-9-22-39(45)43-30-35-18-7-8-19-36(35)32-48(43)60/h1-33H. The minimum absolute atomic E-state index is 0.576. The molecule has 284 valence electrons. The Balaban J connectivity index is 1.12. The first kappa shape index (κ1) is 33.6. The molecule has 0 radical (unpaired) electrons. The molecule has 0 amide bonds. The predicted octanol–water partition coefficient (Wildman–Crippen LogP) is 14.1. The summed E-state index contributed by atoms with van der Waals surface area (Å²) in [6.07, 6.45) is 0. The van der Waals surface area contributed by atoms with E-state index in [0.717, 1.165) is 82.8 Å². The molecule has 13 aromatic rings. The number of hydrogen-bond acceptors (Lipinski definition) is 4. The molecule has 61 heavy (non-hydrogen) atoms. The van der Waals surface area contributed by atoms with Crippen molar-refractivity contribution in [1.82, 2.24) is 24.1 Å². The third kappa shape index (κ3) is 5.12. The van der Waals surface area contributed by atoms with Crippen LogP contribution in [0.1, 0.15) is 0 Å². The van der Waals surface area contributed by atoms with Gasteiger partial charge in [-0.05, 0) is 71.4 Å². The first-order valence-corrected chi connectivity index (χ1v) is 20.5. The van der Waals surface area contributed by atoms with Gasteiger partial charge in [0.05, 0.1) is 27.8 Å². The highest BCUT2D eigenvalue weighted by atomic mass is 16.3. The first-order valence-electron chi connectivity index (χ1n) is 20.5. The van der Waals surface area contributed by atoms with Gasteiger partial charge in [-0.15, -0.1) is 0 Å². The van der Waals surface area contributed by atoms with E-state index in [9.17, 15) is 0 Å². The van der Waals surface area contributed by atoms with Crippen LogP contribution in [0.3, 0.4) is 0 Å². The van der Waals surface area contributed by atoms with E-state index < -0.39 is 0 Å². The number of fused-ring (bicyclic) bond motifs is 10. The molecule has 4 aromatic heterocycles. The maximum atomic E-state index is 6.82. The largest absolute Gasteiger partial charge is 0.454 e. The summed E-state index contributed by atoms with van der Waals surface area (Å²) < 4.78 is 11.5. The molecule has 0 bridgehead atoms. The van der Waals surface area contributed by atoms with Crippen LogP contribution in [0, 0.1) is 0 Å². The molecule has 0 atom stereocenters. The highest BCUT2D eigenvalue weighted by molar-refractivity contribution is 6.17. The Hall–Kier alpha value is -8.35. The van der Waals surface area contributed by atoms with Crippen LogP contribution in [0.5, 0.6) is 0 Å². The lowest BCUT2D eigenvalue weighted by atomic mass is 10.0. The zero-order chi connectivity index (χ0) is 40.0. The lowest BCUT2D eigenvalue weighted by Crippen LogP contribution is -2.02. The van der Waals surface area contributed by atoms with Gasteiger partial charge in [0.15, 0.2) is 23.1 Å². The van der Waals surface area contributed by atoms with Gasteiger partial charge in [0.25, 0.3) is 0 Å². The molecular formula is C55H33N5O. The summed E-state index contributed by atoms with van der Waals surface area (Å²) in [6, 6.07) is 70.2. The van der Waals surface area contributed by atoms with Crippen LogP contribution < -0.4 is 0 Å². The van der Waals surface area contributed by atoms with Gasteiger partial charge >= 0.3 is 0 Å². The third-order valence-electron chi connectivity index (χ3n) is 12.1. The van der Waals surface area contributed by atoms with E-state index in [2.05, 4.69) is 179 Å². The van der Waals surface area contributed by atoms with Crippen LogP contribution in [-0.4, -0.2) is 24.1 Å². The number of aromatic nitrogens is 5. The summed E-state index contributed by atoms with van der Waals surface area (Å²) in [4.78, 5) is 16.0. The van der Waals surface area contributed by atoms with Gasteiger partial charge in [-0.25, -0.2) is 15.0 Å². The fraction of sp³-hybridized carbons (Fsp3) is 0. The Labute approximate surface area is 349 Å². The van der Waals surface area contributed by atoms with Crippen molar-refractivity contribution in [2.45, 2.75) is 0 Å². The molecule has 13 rings (SSSR count). The van der Waals surface area contributed by atoms with E-state index in [1.54, 1.807) is 0 Å². The van der Waals surface area contributed by atoms with Crippen LogP contribution in [0.25, 0.3) is 122 Å². The Morgan fingerprint density at radius 3 is 1.77 bits per heavy atom. The van der Waals surface area contributed by atoms with Gasteiger partial charge in [0.1, 0.15) is 5.58 Å². The minimum atomic E-state index is 0.576. The van der Waals surface area contributed by atoms with Gasteiger partial charge in [-0.3, -0.25) is 0 Å². The molecule has 0 unspecified atom stereocenters. The Bertz CT molecular complexity index is 3880. The molecule has 0 spiro atoms. The fourth-order valence-corrected chi connectivity index (χ4v) is 9.42. The maximum Gasteiger partial charge on any atom is 0.164 e. The van der Waals surface area contributed by atoms with Crippen LogP contribution in [0.2, 0.25) is 0 Å². The van der Waals surface area contributed by atoms with Gasteiger partial charge in [0, 0.05) is 54.7 Å². The van der Waals surface area contributed by atoms with Gasteiger partial charge in [-0.1, -0.05) is 140 Å². The van der Waals surface area contributed by atoms with E-state index in [-0.39, 0.29) is 0 Å². The molecule has 0 fully saturated rings. The number of nitrogens with zero attached hydrogens (tertiary/aromatic N) is 5. The fourth-order valence-electron chi connectivity index (χ4n) is 9.42. The molecule has 6 nitrogen and oxygen atoms in total. The Morgan fingerprint density at radius 1 is 0.361 bits per heavy atom. The van der Waals surface area contributed by atoms with Crippen molar-refractivity contribution < 1.29 is 4.42 Å². The highest BCUT2D eigenvalue weighted by Crippen LogP contribution is 2.43. The summed E-state index contributed by atoms with van der Waals surface area (Å²) in [5.41, 5.74) is 10.7. The van der Waals surface area contributed by atoms with Crippen molar-refractivity contribution in [3.63, 3.8) is 0 Å². The number of furan rings is 1. The van der Waals surface area contributed by atoms with E-state index in [1.165, 1.54) is 21.5 Å². The quantitative estimate of drug-likeness (QED) is 0.175. The highest BCUT2D eigenvalue weighted by Gasteiger charge is 2.23. The predicted molar refractivity (Wildman–Crippen MR) is 250 cm³/mol. The zero-order valence-corrected chi connectivity index (χ0v) is 32.7. The summed E-state index contributed by atoms with van der Waals surface area (Å²) in [7, 11) is 0. The average molecular weight is 780 g/mol. The molecule has 0 N–H and O–H groups in total. The summed E-state index contributed by atoms with van der Waals surface area (Å²) in [6.45, 7) is 0. The molecule has 0 aliphatic carbocycles. The van der Waals surface area contributed by atoms with Crippen LogP contribution in [-0.2, 0) is 0 Å². The zero-order valence-electron chi connectivity index (χ0n) is 32.7. The Kier molecular flexibility index (Phi) is 7.21. The summed E-state index contributed by atoms with van der Waals surface area (Å²) in [5.74, 6) is 1.78. The van der Waals surface area contributed by atoms with Crippen molar-refractivity contribution in [2.24, 2.45) is 0 Å². The molecule has 0 aliphatic heterocycles. The number of hydrogen-bond donors (Lipinski definition) is 0. The van der Waals surface area contributed by atoms with Gasteiger partial charge in [0.2, 0.25) is 0 Å². The summed E-state index contributed by atoms with van der Waals surface area (Å²) >= 11 is 0. The average Bonchev–Trinajstić information content (AvgIpc) is 3.98. The van der Waals surface area contributed by atoms with Crippen molar-refractivity contribution in [3.8, 4) is 45.5 Å².